The molecule has 5 atom stereocenters. The van der Waals surface area contributed by atoms with Gasteiger partial charge in [0.15, 0.2) is 0 Å². The monoisotopic (exact) mass is 368 g/mol. The van der Waals surface area contributed by atoms with Crippen molar-refractivity contribution in [3.8, 4) is 0 Å². The summed E-state index contributed by atoms with van der Waals surface area (Å²) in [6.07, 6.45) is 13.0. The average Bonchev–Trinajstić information content (AvgIpc) is 2.64. The minimum Gasteiger partial charge on any atom is -0.393 e. The van der Waals surface area contributed by atoms with Crippen LogP contribution in [0.15, 0.2) is 23.8 Å². The molecule has 0 saturated carbocycles. The molecule has 0 spiro atoms. The molecule has 0 bridgehead atoms. The molecular weight excluding hydrogens is 324 g/mol. The summed E-state index contributed by atoms with van der Waals surface area (Å²) in [6.45, 7) is 10.5. The molecule has 3 nitrogen and oxygen atoms in total. The highest BCUT2D eigenvalue weighted by Crippen LogP contribution is 2.22. The fourth-order valence-electron chi connectivity index (χ4n) is 3.05. The maximum atomic E-state index is 10.5. The number of allylic oxidation sites excluding steroid dienone is 2. The molecular formula is C23H44O3. The smallest absolute Gasteiger partial charge is 0.0752 e. The minimum atomic E-state index is -0.476. The summed E-state index contributed by atoms with van der Waals surface area (Å²) in [5, 5.41) is 30.4. The van der Waals surface area contributed by atoms with Crippen molar-refractivity contribution in [1.29, 1.82) is 0 Å². The third-order valence-corrected chi connectivity index (χ3v) is 5.44. The van der Waals surface area contributed by atoms with Crippen LogP contribution in [0.5, 0.6) is 0 Å². The van der Waals surface area contributed by atoms with Crippen molar-refractivity contribution >= 4 is 0 Å². The van der Waals surface area contributed by atoms with E-state index in [0.29, 0.717) is 12.3 Å². The fourth-order valence-corrected chi connectivity index (χ4v) is 3.05. The van der Waals surface area contributed by atoms with Crippen LogP contribution >= 0.6 is 0 Å². The van der Waals surface area contributed by atoms with E-state index in [1.165, 1.54) is 0 Å². The largest absolute Gasteiger partial charge is 0.393 e. The molecule has 3 N–H and O–H groups in total. The maximum absolute atomic E-state index is 10.5. The Balaban J connectivity index is 4.46. The summed E-state index contributed by atoms with van der Waals surface area (Å²) < 4.78 is 0. The predicted octanol–water partition coefficient (Wildman–Crippen LogP) is 5.39. The number of rotatable bonds is 15. The Morgan fingerprint density at radius 1 is 0.846 bits per heavy atom. The third-order valence-electron chi connectivity index (χ3n) is 5.44. The zero-order valence-electron chi connectivity index (χ0n) is 17.8. The Hall–Kier alpha value is -0.640. The highest BCUT2D eigenvalue weighted by atomic mass is 16.3. The molecule has 0 aromatic carbocycles. The Kier molecular flexibility index (Phi) is 15.0. The molecule has 0 rings (SSSR count). The lowest BCUT2D eigenvalue weighted by atomic mass is 9.89. The quantitative estimate of drug-likeness (QED) is 0.339. The van der Waals surface area contributed by atoms with Gasteiger partial charge in [-0.25, -0.2) is 0 Å². The van der Waals surface area contributed by atoms with E-state index in [0.717, 1.165) is 56.9 Å². The highest BCUT2D eigenvalue weighted by molar-refractivity contribution is 5.17. The van der Waals surface area contributed by atoms with Crippen molar-refractivity contribution in [2.75, 3.05) is 0 Å². The average molecular weight is 369 g/mol. The van der Waals surface area contributed by atoms with Crippen LogP contribution in [0, 0.1) is 11.8 Å². The topological polar surface area (TPSA) is 60.7 Å². The fraction of sp³-hybridized carbons (Fsp3) is 0.826. The van der Waals surface area contributed by atoms with Crippen molar-refractivity contribution in [2.24, 2.45) is 11.8 Å². The van der Waals surface area contributed by atoms with Gasteiger partial charge < -0.3 is 15.3 Å². The Morgan fingerprint density at radius 2 is 1.50 bits per heavy atom. The van der Waals surface area contributed by atoms with E-state index in [4.69, 9.17) is 0 Å². The minimum absolute atomic E-state index is 0.198. The molecule has 3 heteroatoms. The summed E-state index contributed by atoms with van der Waals surface area (Å²) in [5.41, 5.74) is 1.07. The maximum Gasteiger partial charge on any atom is 0.0752 e. The van der Waals surface area contributed by atoms with Crippen molar-refractivity contribution in [3.05, 3.63) is 23.8 Å². The first kappa shape index (κ1) is 25.4. The predicted molar refractivity (Wildman–Crippen MR) is 112 cm³/mol. The van der Waals surface area contributed by atoms with Gasteiger partial charge in [0.25, 0.3) is 0 Å². The Morgan fingerprint density at radius 3 is 2.08 bits per heavy atom. The summed E-state index contributed by atoms with van der Waals surface area (Å²) in [7, 11) is 0. The summed E-state index contributed by atoms with van der Waals surface area (Å²) >= 11 is 0. The molecule has 0 saturated heterocycles. The van der Waals surface area contributed by atoms with E-state index in [2.05, 4.69) is 20.8 Å². The van der Waals surface area contributed by atoms with Crippen LogP contribution in [-0.2, 0) is 0 Å². The molecule has 0 aromatic rings. The van der Waals surface area contributed by atoms with Crippen LogP contribution in [-0.4, -0.2) is 33.6 Å². The molecule has 0 amide bonds. The van der Waals surface area contributed by atoms with Gasteiger partial charge in [0.2, 0.25) is 0 Å². The van der Waals surface area contributed by atoms with Gasteiger partial charge in [-0.15, -0.1) is 0 Å². The van der Waals surface area contributed by atoms with Gasteiger partial charge in [-0.3, -0.25) is 0 Å². The van der Waals surface area contributed by atoms with E-state index in [1.807, 2.05) is 32.1 Å². The van der Waals surface area contributed by atoms with Gasteiger partial charge in [-0.05, 0) is 63.7 Å². The lowest BCUT2D eigenvalue weighted by Gasteiger charge is -2.22. The molecule has 0 heterocycles. The lowest BCUT2D eigenvalue weighted by molar-refractivity contribution is 0.103. The van der Waals surface area contributed by atoms with Crippen molar-refractivity contribution < 1.29 is 15.3 Å². The molecule has 5 unspecified atom stereocenters. The van der Waals surface area contributed by atoms with Gasteiger partial charge in [0, 0.05) is 0 Å². The zero-order chi connectivity index (χ0) is 19.9. The molecule has 0 radical (unpaired) electrons. The molecule has 0 aliphatic rings. The van der Waals surface area contributed by atoms with Gasteiger partial charge in [-0.2, -0.15) is 0 Å². The van der Waals surface area contributed by atoms with Crippen molar-refractivity contribution in [3.63, 3.8) is 0 Å². The Bertz CT molecular complexity index is 389. The molecule has 0 fully saturated rings. The molecule has 26 heavy (non-hydrogen) atoms. The van der Waals surface area contributed by atoms with E-state index in [1.54, 1.807) is 0 Å². The Labute approximate surface area is 162 Å². The highest BCUT2D eigenvalue weighted by Gasteiger charge is 2.18. The molecule has 154 valence electrons. The van der Waals surface area contributed by atoms with Gasteiger partial charge in [-0.1, -0.05) is 64.3 Å². The summed E-state index contributed by atoms with van der Waals surface area (Å²) in [5.74, 6) is 0.870. The van der Waals surface area contributed by atoms with Crippen LogP contribution in [0.25, 0.3) is 0 Å². The normalized spacial score (nSPS) is 18.7. The first-order valence-electron chi connectivity index (χ1n) is 10.7. The number of aliphatic hydroxyl groups excluding tert-OH is 3. The summed E-state index contributed by atoms with van der Waals surface area (Å²) in [4.78, 5) is 0. The standard InChI is InChI=1S/C23H44O3/c1-6-9-20(13-16-22(25)15-10-18(4)7-2)23(26)17-12-19(5)11-14-21(24)8-3/h11-12,17-18,20-26H,6-10,13-16H2,1-5H3/b17-12+,19-11+. The van der Waals surface area contributed by atoms with Gasteiger partial charge in [0.1, 0.15) is 0 Å². The molecule has 0 aliphatic carbocycles. The number of aliphatic hydroxyl groups is 3. The van der Waals surface area contributed by atoms with Crippen molar-refractivity contribution in [1.82, 2.24) is 0 Å². The second-order valence-electron chi connectivity index (χ2n) is 7.97. The van der Waals surface area contributed by atoms with E-state index in [-0.39, 0.29) is 18.1 Å². The van der Waals surface area contributed by atoms with Gasteiger partial charge >= 0.3 is 0 Å². The molecule has 0 aliphatic heterocycles. The first-order chi connectivity index (χ1) is 12.3. The van der Waals surface area contributed by atoms with Gasteiger partial charge in [0.05, 0.1) is 18.3 Å². The van der Waals surface area contributed by atoms with Crippen molar-refractivity contribution in [2.45, 2.75) is 111 Å². The van der Waals surface area contributed by atoms with E-state index in [9.17, 15) is 15.3 Å². The SMILES string of the molecule is CCCC(CCC(O)CCC(C)CC)C(O)/C=C/C(C)=C/CC(O)CC. The third kappa shape index (κ3) is 12.7. The summed E-state index contributed by atoms with van der Waals surface area (Å²) in [6, 6.07) is 0. The van der Waals surface area contributed by atoms with Crippen LogP contribution < -0.4 is 0 Å². The van der Waals surface area contributed by atoms with Crippen LogP contribution in [0.1, 0.15) is 92.4 Å². The van der Waals surface area contributed by atoms with Crippen LogP contribution in [0.3, 0.4) is 0 Å². The van der Waals surface area contributed by atoms with E-state index < -0.39 is 6.10 Å². The van der Waals surface area contributed by atoms with E-state index >= 15 is 0 Å². The number of hydrogen-bond donors (Lipinski definition) is 3. The van der Waals surface area contributed by atoms with Crippen LogP contribution in [0.2, 0.25) is 0 Å². The molecule has 0 aromatic heterocycles. The van der Waals surface area contributed by atoms with Crippen LogP contribution in [0.4, 0.5) is 0 Å². The number of hydrogen-bond acceptors (Lipinski definition) is 3. The first-order valence-corrected chi connectivity index (χ1v) is 10.7. The lowest BCUT2D eigenvalue weighted by Crippen LogP contribution is -2.20. The second kappa shape index (κ2) is 15.4. The zero-order valence-corrected chi connectivity index (χ0v) is 17.8. The second-order valence-corrected chi connectivity index (χ2v) is 7.97.